The Balaban J connectivity index is 1.88. The first-order valence-electron chi connectivity index (χ1n) is 8.26. The van der Waals surface area contributed by atoms with Crippen molar-refractivity contribution in [2.75, 3.05) is 18.0 Å². The average Bonchev–Trinajstić information content (AvgIpc) is 2.82. The van der Waals surface area contributed by atoms with E-state index in [-0.39, 0.29) is 0 Å². The van der Waals surface area contributed by atoms with Crippen LogP contribution in [0, 0.1) is 6.92 Å². The molecule has 1 fully saturated rings. The van der Waals surface area contributed by atoms with Crippen LogP contribution in [0.15, 0.2) is 35.1 Å². The van der Waals surface area contributed by atoms with Crippen LogP contribution in [-0.2, 0) is 0 Å². The molecule has 23 heavy (non-hydrogen) atoms. The summed E-state index contributed by atoms with van der Waals surface area (Å²) in [6, 6.07) is 8.22. The van der Waals surface area contributed by atoms with E-state index < -0.39 is 0 Å². The van der Waals surface area contributed by atoms with Crippen LogP contribution in [0.1, 0.15) is 31.2 Å². The Morgan fingerprint density at radius 1 is 1.00 bits per heavy atom. The van der Waals surface area contributed by atoms with Crippen molar-refractivity contribution in [3.63, 3.8) is 0 Å². The molecule has 1 aliphatic heterocycles. The molecular formula is C18H20N4O. The molecule has 0 bridgehead atoms. The second-order valence-corrected chi connectivity index (χ2v) is 6.12. The molecule has 4 rings (SSSR count). The second kappa shape index (κ2) is 5.99. The molecule has 3 heterocycles. The molecule has 0 saturated carbocycles. The zero-order valence-electron chi connectivity index (χ0n) is 13.3. The predicted octanol–water partition coefficient (Wildman–Crippen LogP) is 3.97. The summed E-state index contributed by atoms with van der Waals surface area (Å²) in [5.41, 5.74) is 3.67. The van der Waals surface area contributed by atoms with E-state index in [1.165, 1.54) is 31.2 Å². The largest absolute Gasteiger partial charge is 0.356 e. The summed E-state index contributed by atoms with van der Waals surface area (Å²) in [6.45, 7) is 4.15. The minimum Gasteiger partial charge on any atom is -0.356 e. The van der Waals surface area contributed by atoms with Crippen molar-refractivity contribution >= 4 is 16.9 Å². The third kappa shape index (κ3) is 2.56. The van der Waals surface area contributed by atoms with Crippen molar-refractivity contribution in [2.45, 2.75) is 32.6 Å². The van der Waals surface area contributed by atoms with Gasteiger partial charge in [0.05, 0.1) is 0 Å². The van der Waals surface area contributed by atoms with Gasteiger partial charge in [-0.15, -0.1) is 0 Å². The monoisotopic (exact) mass is 308 g/mol. The van der Waals surface area contributed by atoms with Gasteiger partial charge in [-0.25, -0.2) is 4.98 Å². The Bertz CT molecular complexity index is 819. The van der Waals surface area contributed by atoms with Crippen LogP contribution in [-0.4, -0.2) is 28.2 Å². The van der Waals surface area contributed by atoms with Gasteiger partial charge in [0.1, 0.15) is 23.2 Å². The van der Waals surface area contributed by atoms with Crippen LogP contribution in [0.3, 0.4) is 0 Å². The van der Waals surface area contributed by atoms with E-state index in [4.69, 9.17) is 4.52 Å². The highest BCUT2D eigenvalue weighted by molar-refractivity contribution is 5.98. The fourth-order valence-electron chi connectivity index (χ4n) is 3.32. The van der Waals surface area contributed by atoms with Crippen molar-refractivity contribution in [2.24, 2.45) is 0 Å². The first-order chi connectivity index (χ1) is 11.3. The van der Waals surface area contributed by atoms with Crippen molar-refractivity contribution < 1.29 is 4.52 Å². The van der Waals surface area contributed by atoms with Gasteiger partial charge in [0.2, 0.25) is 0 Å². The van der Waals surface area contributed by atoms with E-state index in [2.05, 4.69) is 39.1 Å². The average molecular weight is 308 g/mol. The molecule has 0 radical (unpaired) electrons. The molecule has 0 N–H and O–H groups in total. The van der Waals surface area contributed by atoms with Crippen LogP contribution in [0.25, 0.3) is 22.4 Å². The third-order valence-electron chi connectivity index (χ3n) is 4.56. The van der Waals surface area contributed by atoms with Gasteiger partial charge in [-0.1, -0.05) is 42.3 Å². The Morgan fingerprint density at radius 3 is 2.57 bits per heavy atom. The Hall–Kier alpha value is -2.43. The first-order valence-corrected chi connectivity index (χ1v) is 8.26. The Kier molecular flexibility index (Phi) is 3.69. The van der Waals surface area contributed by atoms with Gasteiger partial charge in [-0.2, -0.15) is 4.98 Å². The number of aromatic nitrogens is 3. The maximum Gasteiger partial charge on any atom is 0.263 e. The van der Waals surface area contributed by atoms with Crippen LogP contribution in [0.5, 0.6) is 0 Å². The maximum atomic E-state index is 5.49. The zero-order valence-corrected chi connectivity index (χ0v) is 13.3. The quantitative estimate of drug-likeness (QED) is 0.717. The third-order valence-corrected chi connectivity index (χ3v) is 4.56. The number of aryl methyl sites for hydroxylation is 1. The standard InChI is InChI=1S/C18H20N4O/c1-13-8-4-5-9-14(13)16-15-17(19-12-20-18(15)23-21-16)22-10-6-2-3-7-11-22/h4-5,8-9,12H,2-3,6-7,10-11H2,1H3. The van der Waals surface area contributed by atoms with Gasteiger partial charge in [-0.05, 0) is 25.3 Å². The number of rotatable bonds is 2. The lowest BCUT2D eigenvalue weighted by Gasteiger charge is -2.21. The minimum atomic E-state index is 0.567. The lowest BCUT2D eigenvalue weighted by Crippen LogP contribution is -2.25. The van der Waals surface area contributed by atoms with Gasteiger partial charge in [-0.3, -0.25) is 0 Å². The van der Waals surface area contributed by atoms with Crippen molar-refractivity contribution in [3.05, 3.63) is 36.2 Å². The van der Waals surface area contributed by atoms with E-state index in [1.54, 1.807) is 6.33 Å². The number of hydrogen-bond donors (Lipinski definition) is 0. The lowest BCUT2D eigenvalue weighted by atomic mass is 10.0. The summed E-state index contributed by atoms with van der Waals surface area (Å²) in [7, 11) is 0. The number of benzene rings is 1. The molecule has 1 aromatic carbocycles. The molecule has 5 nitrogen and oxygen atoms in total. The van der Waals surface area contributed by atoms with Crippen molar-refractivity contribution in [3.8, 4) is 11.3 Å². The van der Waals surface area contributed by atoms with E-state index in [9.17, 15) is 0 Å². The molecule has 0 unspecified atom stereocenters. The molecule has 0 atom stereocenters. The molecular weight excluding hydrogens is 288 g/mol. The fraction of sp³-hybridized carbons (Fsp3) is 0.389. The lowest BCUT2D eigenvalue weighted by molar-refractivity contribution is 0.451. The molecule has 5 heteroatoms. The zero-order chi connectivity index (χ0) is 15.6. The summed E-state index contributed by atoms with van der Waals surface area (Å²) < 4.78 is 5.49. The number of fused-ring (bicyclic) bond motifs is 1. The topological polar surface area (TPSA) is 55.1 Å². The second-order valence-electron chi connectivity index (χ2n) is 6.12. The number of nitrogens with zero attached hydrogens (tertiary/aromatic N) is 4. The fourth-order valence-corrected chi connectivity index (χ4v) is 3.32. The van der Waals surface area contributed by atoms with Crippen LogP contribution in [0.2, 0.25) is 0 Å². The Labute approximate surface area is 135 Å². The molecule has 0 aliphatic carbocycles. The van der Waals surface area contributed by atoms with Gasteiger partial charge >= 0.3 is 0 Å². The molecule has 1 aliphatic rings. The Morgan fingerprint density at radius 2 is 1.78 bits per heavy atom. The highest BCUT2D eigenvalue weighted by atomic mass is 16.5. The summed E-state index contributed by atoms with van der Waals surface area (Å²) in [4.78, 5) is 11.2. The molecule has 0 amide bonds. The van der Waals surface area contributed by atoms with Crippen LogP contribution < -0.4 is 4.90 Å². The molecule has 1 saturated heterocycles. The van der Waals surface area contributed by atoms with Crippen LogP contribution >= 0.6 is 0 Å². The van der Waals surface area contributed by atoms with Crippen molar-refractivity contribution in [1.29, 1.82) is 0 Å². The van der Waals surface area contributed by atoms with Gasteiger partial charge in [0, 0.05) is 18.7 Å². The SMILES string of the molecule is Cc1ccccc1-c1noc2ncnc(N3CCCCCC3)c12. The molecule has 0 spiro atoms. The molecule has 118 valence electrons. The molecule has 2 aromatic heterocycles. The van der Waals surface area contributed by atoms with Gasteiger partial charge in [0.15, 0.2) is 0 Å². The predicted molar refractivity (Wildman–Crippen MR) is 90.5 cm³/mol. The summed E-state index contributed by atoms with van der Waals surface area (Å²) in [5.74, 6) is 0.955. The highest BCUT2D eigenvalue weighted by Crippen LogP contribution is 2.35. The summed E-state index contributed by atoms with van der Waals surface area (Å²) in [6.07, 6.45) is 6.57. The van der Waals surface area contributed by atoms with E-state index in [1.807, 2.05) is 12.1 Å². The maximum absolute atomic E-state index is 5.49. The van der Waals surface area contributed by atoms with Crippen LogP contribution in [0.4, 0.5) is 5.82 Å². The smallest absolute Gasteiger partial charge is 0.263 e. The summed E-state index contributed by atoms with van der Waals surface area (Å²) >= 11 is 0. The normalized spacial score (nSPS) is 15.8. The van der Waals surface area contributed by atoms with E-state index in [0.29, 0.717) is 5.71 Å². The minimum absolute atomic E-state index is 0.567. The van der Waals surface area contributed by atoms with Gasteiger partial charge < -0.3 is 9.42 Å². The molecule has 3 aromatic rings. The number of hydrogen-bond acceptors (Lipinski definition) is 5. The number of anilines is 1. The van der Waals surface area contributed by atoms with E-state index >= 15 is 0 Å². The van der Waals surface area contributed by atoms with Crippen molar-refractivity contribution in [1.82, 2.24) is 15.1 Å². The van der Waals surface area contributed by atoms with Gasteiger partial charge in [0.25, 0.3) is 5.71 Å². The first kappa shape index (κ1) is 14.2. The highest BCUT2D eigenvalue weighted by Gasteiger charge is 2.22. The summed E-state index contributed by atoms with van der Waals surface area (Å²) in [5, 5.41) is 5.24. The van der Waals surface area contributed by atoms with E-state index in [0.717, 1.165) is 35.6 Å².